The van der Waals surface area contributed by atoms with Crippen LogP contribution in [0.3, 0.4) is 0 Å². The van der Waals surface area contributed by atoms with E-state index < -0.39 is 46.1 Å². The second kappa shape index (κ2) is 11.9. The summed E-state index contributed by atoms with van der Waals surface area (Å²) in [6.07, 6.45) is -2.75. The minimum absolute atomic E-state index is 0.101. The van der Waals surface area contributed by atoms with Crippen molar-refractivity contribution < 1.29 is 42.1 Å². The van der Waals surface area contributed by atoms with Gasteiger partial charge in [-0.15, -0.1) is 0 Å². The fraction of sp³-hybridized carbons (Fsp3) is 0.750. The molecule has 0 aromatic heterocycles. The van der Waals surface area contributed by atoms with Gasteiger partial charge in [-0.3, -0.25) is 9.59 Å². The van der Waals surface area contributed by atoms with Crippen molar-refractivity contribution in [3.05, 3.63) is 23.3 Å². The van der Waals surface area contributed by atoms with E-state index in [9.17, 15) is 9.59 Å². The van der Waals surface area contributed by atoms with E-state index in [1.165, 1.54) is 7.11 Å². The van der Waals surface area contributed by atoms with Crippen molar-refractivity contribution in [2.75, 3.05) is 20.8 Å². The van der Waals surface area contributed by atoms with Crippen molar-refractivity contribution in [1.82, 2.24) is 0 Å². The van der Waals surface area contributed by atoms with E-state index in [2.05, 4.69) is 67.7 Å². The second-order valence-electron chi connectivity index (χ2n) is 15.8. The minimum atomic E-state index is -2.55. The van der Waals surface area contributed by atoms with Crippen molar-refractivity contribution in [2.45, 2.75) is 129 Å². The number of hydrogen-bond acceptors (Lipinski definition) is 9. The van der Waals surface area contributed by atoms with Gasteiger partial charge >= 0.3 is 5.97 Å². The molecule has 2 aliphatic rings. The summed E-state index contributed by atoms with van der Waals surface area (Å²) in [4.78, 5) is 27.9. The van der Waals surface area contributed by atoms with Crippen LogP contribution in [0.2, 0.25) is 36.3 Å². The van der Waals surface area contributed by atoms with Crippen molar-refractivity contribution >= 4 is 28.4 Å². The molecule has 0 aliphatic carbocycles. The quantitative estimate of drug-likeness (QED) is 0.227. The molecule has 1 aromatic carbocycles. The van der Waals surface area contributed by atoms with Crippen LogP contribution in [0.4, 0.5) is 0 Å². The minimum Gasteiger partial charge on any atom is -0.497 e. The molecule has 9 nitrogen and oxygen atoms in total. The number of esters is 1. The molecule has 4 atom stereocenters. The molecule has 1 fully saturated rings. The maximum absolute atomic E-state index is 14.9. The topological polar surface area (TPSA) is 98.8 Å². The number of carbonyl (C=O) groups excluding carboxylic acids is 2. The van der Waals surface area contributed by atoms with E-state index in [1.807, 2.05) is 6.07 Å². The molecule has 1 saturated heterocycles. The lowest BCUT2D eigenvalue weighted by molar-refractivity contribution is -0.293. The van der Waals surface area contributed by atoms with Crippen LogP contribution in [-0.2, 0) is 45.0 Å². The molecule has 2 aliphatic heterocycles. The molecule has 0 radical (unpaired) electrons. The Balaban J connectivity index is 2.25. The molecule has 3 rings (SSSR count). The summed E-state index contributed by atoms with van der Waals surface area (Å²) < 4.78 is 44.1. The Hall–Kier alpha value is -1.77. The number of benzene rings is 1. The predicted molar refractivity (Wildman–Crippen MR) is 170 cm³/mol. The smallest absolute Gasteiger partial charge is 0.311 e. The van der Waals surface area contributed by atoms with Gasteiger partial charge in [0, 0.05) is 6.07 Å². The SMILES string of the molecule is COc1cc2c(c(OC)c1)[C@]1(OC2)O[C@H](COC(=O)C(C)(C)C)[C@@H](O[Si](C)(C)C(C)(C)C)[C@H](O[Si](C)(C)C(C)(C)C)C1=O. The van der Waals surface area contributed by atoms with Gasteiger partial charge in [0.2, 0.25) is 5.78 Å². The largest absolute Gasteiger partial charge is 0.497 e. The van der Waals surface area contributed by atoms with Crippen LogP contribution >= 0.6 is 0 Å². The van der Waals surface area contributed by atoms with Crippen molar-refractivity contribution in [3.8, 4) is 11.5 Å². The van der Waals surface area contributed by atoms with Crippen LogP contribution in [0.15, 0.2) is 12.1 Å². The van der Waals surface area contributed by atoms with Crippen LogP contribution in [0.1, 0.15) is 73.4 Å². The van der Waals surface area contributed by atoms with Gasteiger partial charge in [-0.05, 0) is 68.7 Å². The Kier molecular flexibility index (Phi) is 9.86. The fourth-order valence-electron chi connectivity index (χ4n) is 4.59. The summed E-state index contributed by atoms with van der Waals surface area (Å²) in [5.74, 6) is -1.64. The molecule has 1 spiro atoms. The molecule has 0 saturated carbocycles. The average Bonchev–Trinajstić information content (AvgIpc) is 3.23. The van der Waals surface area contributed by atoms with Gasteiger partial charge in [0.05, 0.1) is 31.8 Å². The first-order chi connectivity index (χ1) is 19.4. The lowest BCUT2D eigenvalue weighted by Gasteiger charge is -2.51. The van der Waals surface area contributed by atoms with Gasteiger partial charge in [0.1, 0.15) is 36.4 Å². The van der Waals surface area contributed by atoms with Crippen molar-refractivity contribution in [2.24, 2.45) is 5.41 Å². The van der Waals surface area contributed by atoms with E-state index in [1.54, 1.807) is 33.9 Å². The fourth-order valence-corrected chi connectivity index (χ4v) is 7.13. The van der Waals surface area contributed by atoms with Crippen LogP contribution in [0.5, 0.6) is 11.5 Å². The second-order valence-corrected chi connectivity index (χ2v) is 25.3. The highest BCUT2D eigenvalue weighted by molar-refractivity contribution is 6.74. The third-order valence-corrected chi connectivity index (χ3v) is 18.3. The molecule has 0 unspecified atom stereocenters. The third-order valence-electron chi connectivity index (χ3n) is 9.39. The third kappa shape index (κ3) is 6.91. The first-order valence-corrected chi connectivity index (χ1v) is 20.9. The van der Waals surface area contributed by atoms with Crippen LogP contribution in [0.25, 0.3) is 0 Å². The summed E-state index contributed by atoms with van der Waals surface area (Å²) in [6, 6.07) is 3.53. The number of rotatable bonds is 8. The highest BCUT2D eigenvalue weighted by atomic mass is 28.4. The lowest BCUT2D eigenvalue weighted by atomic mass is 9.88. The Bertz CT molecular complexity index is 1210. The van der Waals surface area contributed by atoms with E-state index >= 15 is 0 Å². The lowest BCUT2D eigenvalue weighted by Crippen LogP contribution is -2.67. The summed E-state index contributed by atoms with van der Waals surface area (Å²) in [5, 5.41) is -0.371. The molecular weight excluding hydrogens is 585 g/mol. The van der Waals surface area contributed by atoms with E-state index in [0.717, 1.165) is 0 Å². The van der Waals surface area contributed by atoms with Gasteiger partial charge in [0.15, 0.2) is 16.6 Å². The number of ether oxygens (including phenoxy) is 5. The van der Waals surface area contributed by atoms with Gasteiger partial charge in [0.25, 0.3) is 5.79 Å². The average molecular weight is 639 g/mol. The van der Waals surface area contributed by atoms with Gasteiger partial charge in [-0.2, -0.15) is 0 Å². The number of Topliss-reactive ketones (excluding diaryl/α,β-unsaturated/α-hetero) is 1. The Morgan fingerprint density at radius 2 is 1.47 bits per heavy atom. The highest BCUT2D eigenvalue weighted by Crippen LogP contribution is 2.52. The molecule has 0 bridgehead atoms. The van der Waals surface area contributed by atoms with E-state index in [0.29, 0.717) is 22.6 Å². The molecule has 1 aromatic rings. The summed E-state index contributed by atoms with van der Waals surface area (Å²) >= 11 is 0. The summed E-state index contributed by atoms with van der Waals surface area (Å²) in [7, 11) is -1.94. The molecule has 0 N–H and O–H groups in total. The number of carbonyl (C=O) groups is 2. The van der Waals surface area contributed by atoms with Crippen molar-refractivity contribution in [3.63, 3.8) is 0 Å². The van der Waals surface area contributed by atoms with Gasteiger partial charge in [-0.1, -0.05) is 41.5 Å². The number of hydrogen-bond donors (Lipinski definition) is 0. The standard InChI is InChI=1S/C32H54O9Si2/c1-29(2,3)28(34)37-19-23-25(40-42(12,13)30(4,5)6)26(41-43(14,15)31(7,8)9)27(33)32(39-23)24-20(18-38-32)16-21(35-10)17-22(24)36-11/h16-17,23,25-26H,18-19H2,1-15H3/t23-,25-,26+,32+/m1/s1. The first-order valence-electron chi connectivity index (χ1n) is 15.1. The zero-order valence-electron chi connectivity index (χ0n) is 29.0. The number of ketones is 1. The molecule has 2 heterocycles. The summed E-state index contributed by atoms with van der Waals surface area (Å²) in [6.45, 7) is 26.6. The zero-order valence-corrected chi connectivity index (χ0v) is 31.0. The van der Waals surface area contributed by atoms with Crippen LogP contribution in [-0.4, -0.2) is 67.5 Å². The molecular formula is C32H54O9Si2. The molecule has 0 amide bonds. The normalized spacial score (nSPS) is 25.1. The molecule has 43 heavy (non-hydrogen) atoms. The Morgan fingerprint density at radius 3 is 1.95 bits per heavy atom. The molecule has 244 valence electrons. The van der Waals surface area contributed by atoms with Crippen molar-refractivity contribution in [1.29, 1.82) is 0 Å². The maximum atomic E-state index is 14.9. The van der Waals surface area contributed by atoms with Gasteiger partial charge in [-0.25, -0.2) is 0 Å². The highest BCUT2D eigenvalue weighted by Gasteiger charge is 2.63. The van der Waals surface area contributed by atoms with E-state index in [4.69, 9.17) is 32.5 Å². The monoisotopic (exact) mass is 638 g/mol. The maximum Gasteiger partial charge on any atom is 0.311 e. The molecule has 11 heteroatoms. The first kappa shape index (κ1) is 35.7. The Labute approximate surface area is 260 Å². The number of fused-ring (bicyclic) bond motifs is 2. The van der Waals surface area contributed by atoms with Crippen LogP contribution < -0.4 is 9.47 Å². The summed E-state index contributed by atoms with van der Waals surface area (Å²) in [5.41, 5.74) is 0.456. The van der Waals surface area contributed by atoms with E-state index in [-0.39, 0.29) is 35.0 Å². The van der Waals surface area contributed by atoms with Crippen LogP contribution in [0, 0.1) is 5.41 Å². The van der Waals surface area contributed by atoms with Gasteiger partial charge < -0.3 is 32.5 Å². The zero-order chi connectivity index (χ0) is 33.0. The number of methoxy groups -OCH3 is 2. The Morgan fingerprint density at radius 1 is 0.907 bits per heavy atom. The predicted octanol–water partition coefficient (Wildman–Crippen LogP) is 6.72.